The molecule has 2 rings (SSSR count). The van der Waals surface area contributed by atoms with Gasteiger partial charge >= 0.3 is 12.0 Å². The average Bonchev–Trinajstić information content (AvgIpc) is 2.88. The molecule has 6 heteroatoms. The number of benzene rings is 1. The smallest absolute Gasteiger partial charge is 0.329 e. The number of carbonyl (C=O) groups is 3. The second-order valence-electron chi connectivity index (χ2n) is 5.31. The van der Waals surface area contributed by atoms with Crippen molar-refractivity contribution < 1.29 is 19.5 Å². The average molecular weight is 290 g/mol. The Morgan fingerprint density at radius 2 is 1.86 bits per heavy atom. The highest BCUT2D eigenvalue weighted by Crippen LogP contribution is 2.30. The fourth-order valence-electron chi connectivity index (χ4n) is 2.57. The van der Waals surface area contributed by atoms with Gasteiger partial charge in [0, 0.05) is 11.3 Å². The lowest BCUT2D eigenvalue weighted by molar-refractivity contribution is -0.144. The quantitative estimate of drug-likeness (QED) is 0.742. The Morgan fingerprint density at radius 1 is 1.19 bits per heavy atom. The van der Waals surface area contributed by atoms with E-state index in [-0.39, 0.29) is 5.78 Å². The highest BCUT2D eigenvalue weighted by atomic mass is 16.4. The molecule has 0 aromatic heterocycles. The van der Waals surface area contributed by atoms with Crippen LogP contribution in [0.1, 0.15) is 43.0 Å². The molecule has 1 saturated carbocycles. The number of ketones is 1. The van der Waals surface area contributed by atoms with Crippen LogP contribution in [0.15, 0.2) is 24.3 Å². The van der Waals surface area contributed by atoms with Crippen LogP contribution in [0, 0.1) is 0 Å². The van der Waals surface area contributed by atoms with E-state index in [4.69, 9.17) is 0 Å². The predicted octanol–water partition coefficient (Wildman–Crippen LogP) is 2.41. The summed E-state index contributed by atoms with van der Waals surface area (Å²) in [6.07, 6.45) is 2.44. The summed E-state index contributed by atoms with van der Waals surface area (Å²) in [5.41, 5.74) is -0.234. The van der Waals surface area contributed by atoms with E-state index in [1.165, 1.54) is 6.92 Å². The SMILES string of the molecule is CC(=O)c1cccc(NC(=O)NC2(C(=O)O)CCCC2)c1. The fourth-order valence-corrected chi connectivity index (χ4v) is 2.57. The van der Waals surface area contributed by atoms with E-state index in [9.17, 15) is 19.5 Å². The number of hydrogen-bond acceptors (Lipinski definition) is 3. The van der Waals surface area contributed by atoms with Gasteiger partial charge in [0.25, 0.3) is 0 Å². The van der Waals surface area contributed by atoms with Crippen LogP contribution >= 0.6 is 0 Å². The maximum Gasteiger partial charge on any atom is 0.329 e. The van der Waals surface area contributed by atoms with Gasteiger partial charge in [-0.15, -0.1) is 0 Å². The van der Waals surface area contributed by atoms with Crippen LogP contribution in [-0.2, 0) is 4.79 Å². The molecule has 3 N–H and O–H groups in total. The highest BCUT2D eigenvalue weighted by Gasteiger charge is 2.42. The molecule has 0 radical (unpaired) electrons. The topological polar surface area (TPSA) is 95.5 Å². The number of nitrogens with one attached hydrogen (secondary N) is 2. The molecule has 0 spiro atoms. The molecule has 21 heavy (non-hydrogen) atoms. The number of aliphatic carboxylic acids is 1. The van der Waals surface area contributed by atoms with Crippen molar-refractivity contribution in [3.8, 4) is 0 Å². The first-order valence-corrected chi connectivity index (χ1v) is 6.86. The molecule has 0 heterocycles. The van der Waals surface area contributed by atoms with Crippen LogP contribution in [0.5, 0.6) is 0 Å². The minimum absolute atomic E-state index is 0.100. The lowest BCUT2D eigenvalue weighted by Crippen LogP contribution is -2.53. The van der Waals surface area contributed by atoms with Crippen molar-refractivity contribution in [1.82, 2.24) is 5.32 Å². The van der Waals surface area contributed by atoms with Crippen LogP contribution < -0.4 is 10.6 Å². The van der Waals surface area contributed by atoms with Gasteiger partial charge in [0.05, 0.1) is 0 Å². The third-order valence-corrected chi connectivity index (χ3v) is 3.75. The third kappa shape index (κ3) is 3.39. The lowest BCUT2D eigenvalue weighted by Gasteiger charge is -2.25. The maximum atomic E-state index is 12.0. The Labute approximate surface area is 122 Å². The Bertz CT molecular complexity index is 577. The number of hydrogen-bond donors (Lipinski definition) is 3. The summed E-state index contributed by atoms with van der Waals surface area (Å²) < 4.78 is 0. The lowest BCUT2D eigenvalue weighted by atomic mass is 9.98. The molecule has 0 unspecified atom stereocenters. The van der Waals surface area contributed by atoms with Gasteiger partial charge in [0.1, 0.15) is 5.54 Å². The van der Waals surface area contributed by atoms with Crippen molar-refractivity contribution in [2.45, 2.75) is 38.1 Å². The molecular weight excluding hydrogens is 272 g/mol. The van der Waals surface area contributed by atoms with Crippen LogP contribution in [0.4, 0.5) is 10.5 Å². The van der Waals surface area contributed by atoms with Crippen molar-refractivity contribution in [2.75, 3.05) is 5.32 Å². The van der Waals surface area contributed by atoms with Crippen LogP contribution in [0.25, 0.3) is 0 Å². The first-order chi connectivity index (χ1) is 9.93. The number of carbonyl (C=O) groups excluding carboxylic acids is 2. The molecule has 0 saturated heterocycles. The zero-order valence-electron chi connectivity index (χ0n) is 11.8. The Balaban J connectivity index is 2.06. The number of rotatable bonds is 4. The molecule has 0 bridgehead atoms. The van der Waals surface area contributed by atoms with Crippen LogP contribution in [-0.4, -0.2) is 28.4 Å². The maximum absolute atomic E-state index is 12.0. The molecule has 112 valence electrons. The van der Waals surface area contributed by atoms with E-state index in [0.717, 1.165) is 12.8 Å². The molecule has 1 aliphatic carbocycles. The molecule has 1 aromatic carbocycles. The molecule has 1 aliphatic rings. The zero-order chi connectivity index (χ0) is 15.5. The number of Topliss-reactive ketones (excluding diaryl/α,β-unsaturated/α-hetero) is 1. The van der Waals surface area contributed by atoms with Gasteiger partial charge in [0.2, 0.25) is 0 Å². The Hall–Kier alpha value is -2.37. The molecule has 1 aromatic rings. The number of urea groups is 1. The standard InChI is InChI=1S/C15H18N2O4/c1-10(18)11-5-4-6-12(9-11)16-14(21)17-15(13(19)20)7-2-3-8-15/h4-6,9H,2-3,7-8H2,1H3,(H,19,20)(H2,16,17,21). The van der Waals surface area contributed by atoms with Gasteiger partial charge in [-0.05, 0) is 31.9 Å². The first-order valence-electron chi connectivity index (χ1n) is 6.86. The van der Waals surface area contributed by atoms with E-state index in [1.807, 2.05) is 0 Å². The van der Waals surface area contributed by atoms with E-state index in [1.54, 1.807) is 24.3 Å². The molecular formula is C15H18N2O4. The summed E-state index contributed by atoms with van der Waals surface area (Å²) in [6, 6.07) is 5.95. The Kier molecular flexibility index (Phi) is 4.26. The van der Waals surface area contributed by atoms with Gasteiger partial charge < -0.3 is 15.7 Å². The van der Waals surface area contributed by atoms with Gasteiger partial charge in [-0.1, -0.05) is 25.0 Å². The van der Waals surface area contributed by atoms with Crippen molar-refractivity contribution in [3.63, 3.8) is 0 Å². The third-order valence-electron chi connectivity index (χ3n) is 3.75. The summed E-state index contributed by atoms with van der Waals surface area (Å²) in [4.78, 5) is 34.7. The van der Waals surface area contributed by atoms with Gasteiger partial charge in [-0.3, -0.25) is 4.79 Å². The minimum Gasteiger partial charge on any atom is -0.480 e. The first kappa shape index (κ1) is 15.0. The number of carboxylic acids is 1. The van der Waals surface area contributed by atoms with Gasteiger partial charge in [0.15, 0.2) is 5.78 Å². The van der Waals surface area contributed by atoms with Crippen molar-refractivity contribution >= 4 is 23.5 Å². The fraction of sp³-hybridized carbons (Fsp3) is 0.400. The van der Waals surface area contributed by atoms with Crippen molar-refractivity contribution in [2.24, 2.45) is 0 Å². The minimum atomic E-state index is -1.18. The molecule has 6 nitrogen and oxygen atoms in total. The number of carboxylic acid groups (broad SMARTS) is 1. The Morgan fingerprint density at radius 3 is 2.43 bits per heavy atom. The molecule has 1 fully saturated rings. The van der Waals surface area contributed by atoms with E-state index in [2.05, 4.69) is 10.6 Å². The highest BCUT2D eigenvalue weighted by molar-refractivity contribution is 5.97. The largest absolute Gasteiger partial charge is 0.480 e. The summed E-state index contributed by atoms with van der Waals surface area (Å²) in [7, 11) is 0. The van der Waals surface area contributed by atoms with E-state index < -0.39 is 17.5 Å². The van der Waals surface area contributed by atoms with Crippen molar-refractivity contribution in [3.05, 3.63) is 29.8 Å². The summed E-state index contributed by atoms with van der Waals surface area (Å²) in [5, 5.41) is 14.4. The summed E-state index contributed by atoms with van der Waals surface area (Å²) in [6.45, 7) is 1.44. The zero-order valence-corrected chi connectivity index (χ0v) is 11.8. The molecule has 2 amide bonds. The summed E-state index contributed by atoms with van der Waals surface area (Å²) in [5.74, 6) is -1.11. The van der Waals surface area contributed by atoms with Crippen LogP contribution in [0.3, 0.4) is 0 Å². The predicted molar refractivity (Wildman–Crippen MR) is 77.4 cm³/mol. The molecule has 0 atom stereocenters. The number of anilines is 1. The number of amides is 2. The monoisotopic (exact) mass is 290 g/mol. The second-order valence-corrected chi connectivity index (χ2v) is 5.31. The van der Waals surface area contributed by atoms with Crippen molar-refractivity contribution in [1.29, 1.82) is 0 Å². The van der Waals surface area contributed by atoms with Gasteiger partial charge in [-0.25, -0.2) is 9.59 Å². The summed E-state index contributed by atoms with van der Waals surface area (Å²) >= 11 is 0. The second kappa shape index (κ2) is 5.95. The van der Waals surface area contributed by atoms with E-state index in [0.29, 0.717) is 24.1 Å². The van der Waals surface area contributed by atoms with Crippen LogP contribution in [0.2, 0.25) is 0 Å². The van der Waals surface area contributed by atoms with E-state index >= 15 is 0 Å². The molecule has 0 aliphatic heterocycles. The van der Waals surface area contributed by atoms with Gasteiger partial charge in [-0.2, -0.15) is 0 Å². The normalized spacial score (nSPS) is 16.2.